The fourth-order valence-electron chi connectivity index (χ4n) is 2.47. The van der Waals surface area contributed by atoms with Gasteiger partial charge < -0.3 is 10.1 Å². The molecule has 1 amide bonds. The lowest BCUT2D eigenvalue weighted by Gasteiger charge is -2.29. The summed E-state index contributed by atoms with van der Waals surface area (Å²) < 4.78 is 5.59. The van der Waals surface area contributed by atoms with Crippen molar-refractivity contribution < 1.29 is 9.53 Å². The van der Waals surface area contributed by atoms with Crippen molar-refractivity contribution in [1.82, 2.24) is 10.2 Å². The summed E-state index contributed by atoms with van der Waals surface area (Å²) in [6.45, 7) is 7.97. The molecule has 1 N–H and O–H groups in total. The molecular weight excluding hydrogens is 264 g/mol. The summed E-state index contributed by atoms with van der Waals surface area (Å²) in [7, 11) is 0. The van der Waals surface area contributed by atoms with Gasteiger partial charge in [0.2, 0.25) is 5.91 Å². The number of hydrogen-bond acceptors (Lipinski definition) is 3. The quantitative estimate of drug-likeness (QED) is 0.817. The molecule has 0 saturated carbocycles. The predicted octanol–water partition coefficient (Wildman–Crippen LogP) is 2.22. The lowest BCUT2D eigenvalue weighted by molar-refractivity contribution is -0.122. The van der Waals surface area contributed by atoms with Crippen LogP contribution in [0.15, 0.2) is 24.3 Å². The molecule has 4 heteroatoms. The lowest BCUT2D eigenvalue weighted by atomic mass is 9.99. The minimum Gasteiger partial charge on any atom is -0.492 e. The van der Waals surface area contributed by atoms with E-state index in [1.807, 2.05) is 31.2 Å². The van der Waals surface area contributed by atoms with Crippen LogP contribution in [-0.2, 0) is 4.79 Å². The average Bonchev–Trinajstić information content (AvgIpc) is 2.48. The molecule has 0 aromatic heterocycles. The van der Waals surface area contributed by atoms with Gasteiger partial charge in [-0.1, -0.05) is 24.6 Å². The number of nitrogens with one attached hydrogen (secondary N) is 1. The van der Waals surface area contributed by atoms with E-state index < -0.39 is 0 Å². The first-order chi connectivity index (χ1) is 10.1. The first-order valence-corrected chi connectivity index (χ1v) is 7.82. The molecule has 4 nitrogen and oxygen atoms in total. The van der Waals surface area contributed by atoms with Crippen LogP contribution in [0.5, 0.6) is 5.75 Å². The number of rotatable bonds is 6. The Balaban J connectivity index is 1.58. The number of piperidine rings is 1. The summed E-state index contributed by atoms with van der Waals surface area (Å²) in [5.41, 5.74) is 1.21. The fourth-order valence-corrected chi connectivity index (χ4v) is 2.47. The molecule has 116 valence electrons. The van der Waals surface area contributed by atoms with Crippen molar-refractivity contribution in [2.75, 3.05) is 32.8 Å². The highest BCUT2D eigenvalue weighted by molar-refractivity contribution is 5.77. The summed E-state index contributed by atoms with van der Waals surface area (Å²) in [5.74, 6) is 1.74. The Kier molecular flexibility index (Phi) is 6.05. The smallest absolute Gasteiger partial charge is 0.234 e. The van der Waals surface area contributed by atoms with Crippen LogP contribution < -0.4 is 10.1 Å². The van der Waals surface area contributed by atoms with Gasteiger partial charge in [-0.25, -0.2) is 0 Å². The van der Waals surface area contributed by atoms with E-state index in [1.165, 1.54) is 18.4 Å². The highest BCUT2D eigenvalue weighted by Crippen LogP contribution is 2.15. The van der Waals surface area contributed by atoms with Gasteiger partial charge in [-0.3, -0.25) is 9.69 Å². The van der Waals surface area contributed by atoms with Crippen LogP contribution in [0.3, 0.4) is 0 Å². The summed E-state index contributed by atoms with van der Waals surface area (Å²) in [6.07, 6.45) is 2.40. The number of nitrogens with zero attached hydrogens (tertiary/aromatic N) is 1. The molecule has 21 heavy (non-hydrogen) atoms. The zero-order chi connectivity index (χ0) is 15.1. The predicted molar refractivity (Wildman–Crippen MR) is 84.5 cm³/mol. The Labute approximate surface area is 127 Å². The van der Waals surface area contributed by atoms with Crippen LogP contribution in [-0.4, -0.2) is 43.6 Å². The second-order valence-corrected chi connectivity index (χ2v) is 5.97. The zero-order valence-electron chi connectivity index (χ0n) is 13.1. The van der Waals surface area contributed by atoms with Crippen molar-refractivity contribution in [2.24, 2.45) is 5.92 Å². The second-order valence-electron chi connectivity index (χ2n) is 5.97. The van der Waals surface area contributed by atoms with Crippen molar-refractivity contribution >= 4 is 5.91 Å². The maximum absolute atomic E-state index is 11.8. The van der Waals surface area contributed by atoms with Gasteiger partial charge in [0.05, 0.1) is 13.1 Å². The van der Waals surface area contributed by atoms with E-state index in [9.17, 15) is 4.79 Å². The monoisotopic (exact) mass is 290 g/mol. The van der Waals surface area contributed by atoms with Crippen molar-refractivity contribution in [2.45, 2.75) is 26.7 Å². The number of carbonyl (C=O) groups excluding carboxylic acids is 1. The van der Waals surface area contributed by atoms with Crippen LogP contribution in [0, 0.1) is 12.8 Å². The van der Waals surface area contributed by atoms with E-state index in [-0.39, 0.29) is 5.91 Å². The van der Waals surface area contributed by atoms with E-state index >= 15 is 0 Å². The third-order valence-corrected chi connectivity index (χ3v) is 3.96. The molecule has 2 rings (SSSR count). The molecule has 0 spiro atoms. The number of amides is 1. The molecule has 1 aliphatic heterocycles. The van der Waals surface area contributed by atoms with E-state index in [2.05, 4.69) is 17.1 Å². The molecule has 0 unspecified atom stereocenters. The minimum atomic E-state index is 0.0945. The van der Waals surface area contributed by atoms with E-state index in [0.29, 0.717) is 19.7 Å². The molecular formula is C17H26N2O2. The van der Waals surface area contributed by atoms with Gasteiger partial charge in [0.15, 0.2) is 0 Å². The van der Waals surface area contributed by atoms with Gasteiger partial charge in [-0.15, -0.1) is 0 Å². The average molecular weight is 290 g/mol. The molecule has 0 atom stereocenters. The molecule has 1 fully saturated rings. The maximum atomic E-state index is 11.8. The van der Waals surface area contributed by atoms with Crippen LogP contribution in [0.4, 0.5) is 0 Å². The van der Waals surface area contributed by atoms with Gasteiger partial charge in [0.25, 0.3) is 0 Å². The molecule has 1 heterocycles. The highest BCUT2D eigenvalue weighted by Gasteiger charge is 2.17. The van der Waals surface area contributed by atoms with Gasteiger partial charge in [-0.05, 0) is 50.9 Å². The molecule has 1 aliphatic rings. The van der Waals surface area contributed by atoms with Gasteiger partial charge in [-0.2, -0.15) is 0 Å². The Morgan fingerprint density at radius 2 is 1.95 bits per heavy atom. The number of hydrogen-bond donors (Lipinski definition) is 1. The number of ether oxygens (including phenoxy) is 1. The molecule has 0 bridgehead atoms. The third-order valence-electron chi connectivity index (χ3n) is 3.96. The highest BCUT2D eigenvalue weighted by atomic mass is 16.5. The number of aryl methyl sites for hydroxylation is 1. The van der Waals surface area contributed by atoms with E-state index in [4.69, 9.17) is 4.74 Å². The first-order valence-electron chi connectivity index (χ1n) is 7.82. The van der Waals surface area contributed by atoms with Crippen LogP contribution >= 0.6 is 0 Å². The number of benzene rings is 1. The molecule has 1 saturated heterocycles. The summed E-state index contributed by atoms with van der Waals surface area (Å²) in [6, 6.07) is 7.94. The molecule has 1 aromatic carbocycles. The van der Waals surface area contributed by atoms with Crippen molar-refractivity contribution in [1.29, 1.82) is 0 Å². The normalized spacial score (nSPS) is 16.7. The number of likely N-dealkylation sites (tertiary alicyclic amines) is 1. The minimum absolute atomic E-state index is 0.0945. The summed E-state index contributed by atoms with van der Waals surface area (Å²) in [5, 5.41) is 2.92. The summed E-state index contributed by atoms with van der Waals surface area (Å²) in [4.78, 5) is 14.1. The van der Waals surface area contributed by atoms with Gasteiger partial charge in [0.1, 0.15) is 12.4 Å². The zero-order valence-corrected chi connectivity index (χ0v) is 13.1. The maximum Gasteiger partial charge on any atom is 0.234 e. The topological polar surface area (TPSA) is 41.6 Å². The van der Waals surface area contributed by atoms with Crippen LogP contribution in [0.25, 0.3) is 0 Å². The van der Waals surface area contributed by atoms with E-state index in [1.54, 1.807) is 0 Å². The SMILES string of the molecule is Cc1ccc(OCCNC(=O)CN2CCC(C)CC2)cc1. The van der Waals surface area contributed by atoms with Crippen molar-refractivity contribution in [3.63, 3.8) is 0 Å². The standard InChI is InChI=1S/C17H26N2O2/c1-14-3-5-16(6-4-14)21-12-9-18-17(20)13-19-10-7-15(2)8-11-19/h3-6,15H,7-13H2,1-2H3,(H,18,20). The van der Waals surface area contributed by atoms with Crippen LogP contribution in [0.1, 0.15) is 25.3 Å². The van der Waals surface area contributed by atoms with Gasteiger partial charge >= 0.3 is 0 Å². The largest absolute Gasteiger partial charge is 0.492 e. The Hall–Kier alpha value is -1.55. The Morgan fingerprint density at radius 1 is 1.29 bits per heavy atom. The van der Waals surface area contributed by atoms with Crippen molar-refractivity contribution in [3.8, 4) is 5.75 Å². The fraction of sp³-hybridized carbons (Fsp3) is 0.588. The molecule has 1 aromatic rings. The van der Waals surface area contributed by atoms with Gasteiger partial charge in [0, 0.05) is 0 Å². The molecule has 0 aliphatic carbocycles. The first kappa shape index (κ1) is 15.8. The summed E-state index contributed by atoms with van der Waals surface area (Å²) >= 11 is 0. The van der Waals surface area contributed by atoms with Crippen LogP contribution in [0.2, 0.25) is 0 Å². The Bertz CT molecular complexity index is 437. The van der Waals surface area contributed by atoms with Crippen molar-refractivity contribution in [3.05, 3.63) is 29.8 Å². The number of carbonyl (C=O) groups is 1. The lowest BCUT2D eigenvalue weighted by Crippen LogP contribution is -2.42. The second kappa shape index (κ2) is 8.03. The molecule has 0 radical (unpaired) electrons. The Morgan fingerprint density at radius 3 is 2.62 bits per heavy atom. The third kappa shape index (κ3) is 5.76. The van der Waals surface area contributed by atoms with E-state index in [0.717, 1.165) is 24.8 Å².